The zero-order valence-electron chi connectivity index (χ0n) is 17.4. The van der Waals surface area contributed by atoms with Crippen molar-refractivity contribution in [1.29, 1.82) is 0 Å². The lowest BCUT2D eigenvalue weighted by atomic mass is 10.2. The number of aromatic nitrogens is 1. The molecule has 0 fully saturated rings. The second-order valence-corrected chi connectivity index (χ2v) is 6.78. The number of hydrogen-bond acceptors (Lipinski definition) is 3. The fraction of sp³-hybridized carbons (Fsp3) is 0.208. The van der Waals surface area contributed by atoms with Crippen LogP contribution < -0.4 is 14.8 Å². The molecule has 0 bridgehead atoms. The molecule has 0 aliphatic carbocycles. The minimum absolute atomic E-state index is 0.214. The van der Waals surface area contributed by atoms with E-state index in [4.69, 9.17) is 9.47 Å². The maximum Gasteiger partial charge on any atom is 0.322 e. The van der Waals surface area contributed by atoms with Gasteiger partial charge < -0.3 is 24.3 Å². The number of nitrogens with one attached hydrogen (secondary N) is 1. The molecule has 0 aliphatic heterocycles. The molecule has 0 radical (unpaired) electrons. The quantitative estimate of drug-likeness (QED) is 0.522. The second kappa shape index (κ2) is 10.2. The molecule has 0 saturated heterocycles. The molecule has 6 nitrogen and oxygen atoms in total. The van der Waals surface area contributed by atoms with Gasteiger partial charge in [0.05, 0.1) is 26.5 Å². The van der Waals surface area contributed by atoms with E-state index in [1.807, 2.05) is 60.8 Å². The summed E-state index contributed by atoms with van der Waals surface area (Å²) < 4.78 is 12.8. The van der Waals surface area contributed by atoms with Crippen LogP contribution in [0.2, 0.25) is 0 Å². The standard InChI is InChI=1S/C24H27N3O3/c1-4-14-27(24(28)25-22-12-5-6-13-23(22)30-3)18-20-10-8-15-26(20)17-19-9-7-11-21(16-19)29-2/h4-13,15-16H,1,14,17-18H2,2-3H3,(H,25,28). The number of para-hydroxylation sites is 2. The number of anilines is 1. The third-order valence-electron chi connectivity index (χ3n) is 4.75. The van der Waals surface area contributed by atoms with Gasteiger partial charge in [-0.15, -0.1) is 6.58 Å². The molecular weight excluding hydrogens is 378 g/mol. The van der Waals surface area contributed by atoms with Crippen LogP contribution in [0.25, 0.3) is 0 Å². The summed E-state index contributed by atoms with van der Waals surface area (Å²) >= 11 is 0. The summed E-state index contributed by atoms with van der Waals surface area (Å²) in [6, 6.07) is 19.1. The fourth-order valence-corrected chi connectivity index (χ4v) is 3.23. The van der Waals surface area contributed by atoms with Crippen LogP contribution >= 0.6 is 0 Å². The molecule has 3 aromatic rings. The molecule has 0 spiro atoms. The average molecular weight is 405 g/mol. The van der Waals surface area contributed by atoms with Crippen molar-refractivity contribution in [2.24, 2.45) is 0 Å². The summed E-state index contributed by atoms with van der Waals surface area (Å²) in [5.41, 5.74) is 2.78. The number of benzene rings is 2. The number of carbonyl (C=O) groups is 1. The Morgan fingerprint density at radius 2 is 1.93 bits per heavy atom. The molecule has 6 heteroatoms. The van der Waals surface area contributed by atoms with E-state index in [1.165, 1.54) is 0 Å². The third-order valence-corrected chi connectivity index (χ3v) is 4.75. The van der Waals surface area contributed by atoms with E-state index in [-0.39, 0.29) is 6.03 Å². The van der Waals surface area contributed by atoms with Gasteiger partial charge in [0.25, 0.3) is 0 Å². The van der Waals surface area contributed by atoms with Gasteiger partial charge in [-0.2, -0.15) is 0 Å². The molecule has 1 N–H and O–H groups in total. The Morgan fingerprint density at radius 3 is 2.70 bits per heavy atom. The Morgan fingerprint density at radius 1 is 1.10 bits per heavy atom. The zero-order valence-corrected chi connectivity index (χ0v) is 17.4. The minimum Gasteiger partial charge on any atom is -0.497 e. The van der Waals surface area contributed by atoms with Crippen LogP contribution in [0.5, 0.6) is 11.5 Å². The Bertz CT molecular complexity index is 997. The van der Waals surface area contributed by atoms with Gasteiger partial charge in [-0.25, -0.2) is 4.79 Å². The predicted molar refractivity (Wildman–Crippen MR) is 119 cm³/mol. The number of ether oxygens (including phenoxy) is 2. The molecule has 0 atom stereocenters. The maximum absolute atomic E-state index is 12.9. The fourth-order valence-electron chi connectivity index (χ4n) is 3.23. The Labute approximate surface area is 177 Å². The molecular formula is C24H27N3O3. The van der Waals surface area contributed by atoms with E-state index in [0.717, 1.165) is 17.0 Å². The summed E-state index contributed by atoms with van der Waals surface area (Å²) in [6.45, 7) is 5.36. The predicted octanol–water partition coefficient (Wildman–Crippen LogP) is 4.77. The van der Waals surface area contributed by atoms with Gasteiger partial charge in [0.15, 0.2) is 0 Å². The van der Waals surface area contributed by atoms with Crippen molar-refractivity contribution in [3.8, 4) is 11.5 Å². The van der Waals surface area contributed by atoms with E-state index in [9.17, 15) is 4.79 Å². The molecule has 0 aliphatic rings. The number of amides is 2. The van der Waals surface area contributed by atoms with Crippen LogP contribution in [0.4, 0.5) is 10.5 Å². The van der Waals surface area contributed by atoms with Crippen molar-refractivity contribution in [1.82, 2.24) is 9.47 Å². The van der Waals surface area contributed by atoms with Crippen molar-refractivity contribution in [3.05, 3.63) is 90.8 Å². The molecule has 2 aromatic carbocycles. The van der Waals surface area contributed by atoms with Gasteiger partial charge in [0, 0.05) is 25.0 Å². The van der Waals surface area contributed by atoms with Crippen molar-refractivity contribution >= 4 is 11.7 Å². The molecule has 2 amide bonds. The van der Waals surface area contributed by atoms with Crippen LogP contribution in [0.3, 0.4) is 0 Å². The van der Waals surface area contributed by atoms with Gasteiger partial charge in [0.2, 0.25) is 0 Å². The van der Waals surface area contributed by atoms with Gasteiger partial charge >= 0.3 is 6.03 Å². The second-order valence-electron chi connectivity index (χ2n) is 6.78. The first-order valence-corrected chi connectivity index (χ1v) is 9.71. The van der Waals surface area contributed by atoms with E-state index in [1.54, 1.807) is 25.2 Å². The number of rotatable bonds is 9. The van der Waals surface area contributed by atoms with Gasteiger partial charge in [-0.05, 0) is 42.0 Å². The van der Waals surface area contributed by atoms with E-state index in [0.29, 0.717) is 31.1 Å². The van der Waals surface area contributed by atoms with Crippen LogP contribution in [0.15, 0.2) is 79.5 Å². The summed E-state index contributed by atoms with van der Waals surface area (Å²) in [5.74, 6) is 1.44. The minimum atomic E-state index is -0.214. The van der Waals surface area contributed by atoms with Crippen LogP contribution in [0, 0.1) is 0 Å². The highest BCUT2D eigenvalue weighted by Crippen LogP contribution is 2.24. The molecule has 30 heavy (non-hydrogen) atoms. The largest absolute Gasteiger partial charge is 0.497 e. The summed E-state index contributed by atoms with van der Waals surface area (Å²) in [4.78, 5) is 14.6. The van der Waals surface area contributed by atoms with Crippen LogP contribution in [-0.4, -0.2) is 36.3 Å². The molecule has 0 saturated carbocycles. The van der Waals surface area contributed by atoms with Gasteiger partial charge in [-0.3, -0.25) is 0 Å². The van der Waals surface area contributed by atoms with Gasteiger partial charge in [-0.1, -0.05) is 30.3 Å². The highest BCUT2D eigenvalue weighted by molar-refractivity contribution is 5.91. The summed E-state index contributed by atoms with van der Waals surface area (Å²) in [7, 11) is 3.24. The summed E-state index contributed by atoms with van der Waals surface area (Å²) in [6.07, 6.45) is 3.73. The van der Waals surface area contributed by atoms with Crippen LogP contribution in [-0.2, 0) is 13.1 Å². The highest BCUT2D eigenvalue weighted by atomic mass is 16.5. The molecule has 3 rings (SSSR count). The van der Waals surface area contributed by atoms with E-state index >= 15 is 0 Å². The Balaban J connectivity index is 1.74. The topological polar surface area (TPSA) is 55.7 Å². The third kappa shape index (κ3) is 5.23. The number of nitrogens with zero attached hydrogens (tertiary/aromatic N) is 2. The van der Waals surface area contributed by atoms with Crippen molar-refractivity contribution < 1.29 is 14.3 Å². The van der Waals surface area contributed by atoms with E-state index < -0.39 is 0 Å². The van der Waals surface area contributed by atoms with Crippen molar-refractivity contribution in [2.45, 2.75) is 13.1 Å². The molecule has 156 valence electrons. The number of urea groups is 1. The summed E-state index contributed by atoms with van der Waals surface area (Å²) in [5, 5.41) is 2.93. The first kappa shape index (κ1) is 21.0. The lowest BCUT2D eigenvalue weighted by Gasteiger charge is -2.23. The smallest absolute Gasteiger partial charge is 0.322 e. The average Bonchev–Trinajstić information content (AvgIpc) is 3.20. The Kier molecular flexibility index (Phi) is 7.16. The zero-order chi connectivity index (χ0) is 21.3. The first-order valence-electron chi connectivity index (χ1n) is 9.71. The van der Waals surface area contributed by atoms with Crippen LogP contribution in [0.1, 0.15) is 11.3 Å². The Hall–Kier alpha value is -3.67. The normalized spacial score (nSPS) is 10.3. The highest BCUT2D eigenvalue weighted by Gasteiger charge is 2.16. The molecule has 0 unspecified atom stereocenters. The molecule has 1 heterocycles. The van der Waals surface area contributed by atoms with Crippen molar-refractivity contribution in [2.75, 3.05) is 26.1 Å². The molecule has 1 aromatic heterocycles. The van der Waals surface area contributed by atoms with Crippen molar-refractivity contribution in [3.63, 3.8) is 0 Å². The lowest BCUT2D eigenvalue weighted by Crippen LogP contribution is -2.35. The SMILES string of the molecule is C=CCN(Cc1cccn1Cc1cccc(OC)c1)C(=O)Nc1ccccc1OC. The van der Waals surface area contributed by atoms with E-state index in [2.05, 4.69) is 22.5 Å². The number of methoxy groups -OCH3 is 2. The monoisotopic (exact) mass is 405 g/mol. The number of carbonyl (C=O) groups excluding carboxylic acids is 1. The number of hydrogen-bond donors (Lipinski definition) is 1. The lowest BCUT2D eigenvalue weighted by molar-refractivity contribution is 0.213. The van der Waals surface area contributed by atoms with Gasteiger partial charge in [0.1, 0.15) is 11.5 Å². The first-order chi connectivity index (χ1) is 14.6. The maximum atomic E-state index is 12.9.